The molecule has 0 bridgehead atoms. The molecule has 0 saturated carbocycles. The molecule has 9 heteroatoms. The predicted molar refractivity (Wildman–Crippen MR) is 105 cm³/mol. The minimum absolute atomic E-state index is 0.0244. The minimum Gasteiger partial charge on any atom is -0.325 e. The van der Waals surface area contributed by atoms with E-state index >= 15 is 0 Å². The third kappa shape index (κ3) is 4.05. The fourth-order valence-corrected chi connectivity index (χ4v) is 4.82. The molecule has 3 aromatic rings. The number of aromatic nitrogens is 2. The van der Waals surface area contributed by atoms with E-state index in [1.54, 1.807) is 0 Å². The summed E-state index contributed by atoms with van der Waals surface area (Å²) in [6.07, 6.45) is 1.82. The Bertz CT molecular complexity index is 1130. The van der Waals surface area contributed by atoms with Crippen molar-refractivity contribution in [3.8, 4) is 0 Å². The lowest BCUT2D eigenvalue weighted by atomic mass is 10.1. The molecule has 0 spiro atoms. The minimum atomic E-state index is -4.50. The van der Waals surface area contributed by atoms with Crippen LogP contribution in [0.15, 0.2) is 35.4 Å². The van der Waals surface area contributed by atoms with Crippen molar-refractivity contribution in [3.05, 3.63) is 57.0 Å². The number of carbonyl (C=O) groups is 1. The Morgan fingerprint density at radius 3 is 2.79 bits per heavy atom. The number of nitrogens with one attached hydrogen (secondary N) is 1. The molecule has 152 valence electrons. The quantitative estimate of drug-likeness (QED) is 0.638. The average Bonchev–Trinajstić information content (AvgIpc) is 2.86. The molecule has 1 amide bonds. The molecule has 0 fully saturated rings. The molecule has 1 aliphatic carbocycles. The Hall–Kier alpha value is -2.68. The summed E-state index contributed by atoms with van der Waals surface area (Å²) in [5.41, 5.74) is -0.0749. The molecule has 1 aliphatic rings. The van der Waals surface area contributed by atoms with E-state index < -0.39 is 17.6 Å². The highest BCUT2D eigenvalue weighted by Gasteiger charge is 2.30. The van der Waals surface area contributed by atoms with Crippen molar-refractivity contribution < 1.29 is 18.0 Å². The lowest BCUT2D eigenvalue weighted by Crippen LogP contribution is -2.28. The number of amides is 1. The molecule has 1 aromatic carbocycles. The number of thiophene rings is 1. The number of aryl methyl sites for hydroxylation is 2. The van der Waals surface area contributed by atoms with Gasteiger partial charge in [0.2, 0.25) is 5.91 Å². The average molecular weight is 421 g/mol. The Kier molecular flexibility index (Phi) is 5.16. The SMILES string of the molecule is O=C(Cn1cnc2sc3c(c2c1=O)CCCCC3)Nc1cccc(C(F)(F)F)c1. The van der Waals surface area contributed by atoms with Crippen LogP contribution >= 0.6 is 11.3 Å². The maximum Gasteiger partial charge on any atom is 0.416 e. The summed E-state index contributed by atoms with van der Waals surface area (Å²) in [6.45, 7) is -0.317. The van der Waals surface area contributed by atoms with Crippen molar-refractivity contribution >= 4 is 33.1 Å². The molecule has 0 aliphatic heterocycles. The van der Waals surface area contributed by atoms with Gasteiger partial charge in [0.05, 0.1) is 17.3 Å². The van der Waals surface area contributed by atoms with E-state index in [0.717, 1.165) is 49.8 Å². The summed E-state index contributed by atoms with van der Waals surface area (Å²) in [6, 6.07) is 4.39. The topological polar surface area (TPSA) is 64.0 Å². The number of rotatable bonds is 3. The zero-order chi connectivity index (χ0) is 20.6. The van der Waals surface area contributed by atoms with E-state index in [1.165, 1.54) is 39.2 Å². The van der Waals surface area contributed by atoms with Crippen molar-refractivity contribution in [1.82, 2.24) is 9.55 Å². The molecule has 2 aromatic heterocycles. The monoisotopic (exact) mass is 421 g/mol. The first kappa shape index (κ1) is 19.6. The number of fused-ring (bicyclic) bond motifs is 3. The van der Waals surface area contributed by atoms with Gasteiger partial charge in [0.15, 0.2) is 0 Å². The van der Waals surface area contributed by atoms with Crippen molar-refractivity contribution in [2.24, 2.45) is 0 Å². The zero-order valence-electron chi connectivity index (χ0n) is 15.4. The second kappa shape index (κ2) is 7.62. The number of hydrogen-bond donors (Lipinski definition) is 1. The van der Waals surface area contributed by atoms with Crippen LogP contribution in [0.4, 0.5) is 18.9 Å². The highest BCUT2D eigenvalue weighted by atomic mass is 32.1. The lowest BCUT2D eigenvalue weighted by molar-refractivity contribution is -0.137. The van der Waals surface area contributed by atoms with E-state index in [4.69, 9.17) is 0 Å². The van der Waals surface area contributed by atoms with Gasteiger partial charge in [-0.25, -0.2) is 4.98 Å². The van der Waals surface area contributed by atoms with Crippen LogP contribution in [-0.4, -0.2) is 15.5 Å². The Morgan fingerprint density at radius 1 is 1.21 bits per heavy atom. The molecular weight excluding hydrogens is 403 g/mol. The summed E-state index contributed by atoms with van der Waals surface area (Å²) >= 11 is 1.53. The Morgan fingerprint density at radius 2 is 2.00 bits per heavy atom. The van der Waals surface area contributed by atoms with Crippen LogP contribution in [0.1, 0.15) is 35.3 Å². The fraction of sp³-hybridized carbons (Fsp3) is 0.350. The van der Waals surface area contributed by atoms with Crippen molar-refractivity contribution in [3.63, 3.8) is 0 Å². The summed E-state index contributed by atoms with van der Waals surface area (Å²) in [4.78, 5) is 31.5. The molecule has 1 N–H and O–H groups in total. The first-order valence-electron chi connectivity index (χ1n) is 9.30. The second-order valence-electron chi connectivity index (χ2n) is 7.05. The normalized spacial score (nSPS) is 14.4. The number of alkyl halides is 3. The third-order valence-electron chi connectivity index (χ3n) is 4.98. The van der Waals surface area contributed by atoms with E-state index in [2.05, 4.69) is 10.3 Å². The van der Waals surface area contributed by atoms with Gasteiger partial charge in [-0.3, -0.25) is 14.2 Å². The fourth-order valence-electron chi connectivity index (χ4n) is 3.60. The van der Waals surface area contributed by atoms with E-state index in [0.29, 0.717) is 10.2 Å². The smallest absolute Gasteiger partial charge is 0.325 e. The highest BCUT2D eigenvalue weighted by molar-refractivity contribution is 7.18. The molecule has 0 atom stereocenters. The first-order chi connectivity index (χ1) is 13.8. The Labute approximate surface area is 168 Å². The highest BCUT2D eigenvalue weighted by Crippen LogP contribution is 2.33. The summed E-state index contributed by atoms with van der Waals surface area (Å²) < 4.78 is 39.7. The molecule has 4 rings (SSSR count). The van der Waals surface area contributed by atoms with E-state index in [-0.39, 0.29) is 17.8 Å². The molecule has 0 radical (unpaired) electrons. The van der Waals surface area contributed by atoms with Crippen LogP contribution in [-0.2, 0) is 30.4 Å². The van der Waals surface area contributed by atoms with Gasteiger partial charge in [-0.05, 0) is 49.4 Å². The number of carbonyl (C=O) groups excluding carboxylic acids is 1. The second-order valence-corrected chi connectivity index (χ2v) is 8.13. The van der Waals surface area contributed by atoms with Crippen LogP contribution in [0.3, 0.4) is 0 Å². The predicted octanol–water partition coefficient (Wildman–Crippen LogP) is 4.38. The van der Waals surface area contributed by atoms with Gasteiger partial charge >= 0.3 is 6.18 Å². The van der Waals surface area contributed by atoms with Crippen molar-refractivity contribution in [2.75, 3.05) is 5.32 Å². The van der Waals surface area contributed by atoms with Gasteiger partial charge in [-0.15, -0.1) is 11.3 Å². The summed E-state index contributed by atoms with van der Waals surface area (Å²) in [7, 11) is 0. The molecule has 2 heterocycles. The van der Waals surface area contributed by atoms with Gasteiger partial charge < -0.3 is 5.32 Å². The number of hydrogen-bond acceptors (Lipinski definition) is 4. The van der Waals surface area contributed by atoms with Gasteiger partial charge in [0, 0.05) is 10.6 Å². The van der Waals surface area contributed by atoms with Crippen LogP contribution in [0.25, 0.3) is 10.2 Å². The summed E-state index contributed by atoms with van der Waals surface area (Å²) in [5.74, 6) is -0.589. The third-order valence-corrected chi connectivity index (χ3v) is 6.18. The van der Waals surface area contributed by atoms with Gasteiger partial charge in [-0.1, -0.05) is 12.5 Å². The number of halogens is 3. The number of benzene rings is 1. The van der Waals surface area contributed by atoms with Gasteiger partial charge in [0.25, 0.3) is 5.56 Å². The van der Waals surface area contributed by atoms with Crippen LogP contribution in [0.5, 0.6) is 0 Å². The van der Waals surface area contributed by atoms with Gasteiger partial charge in [0.1, 0.15) is 11.4 Å². The van der Waals surface area contributed by atoms with Crippen LogP contribution < -0.4 is 10.9 Å². The number of nitrogens with zero attached hydrogens (tertiary/aromatic N) is 2. The van der Waals surface area contributed by atoms with E-state index in [1.807, 2.05) is 0 Å². The van der Waals surface area contributed by atoms with E-state index in [9.17, 15) is 22.8 Å². The van der Waals surface area contributed by atoms with Crippen molar-refractivity contribution in [2.45, 2.75) is 44.8 Å². The van der Waals surface area contributed by atoms with Crippen LogP contribution in [0, 0.1) is 0 Å². The molecule has 0 saturated heterocycles. The maximum atomic E-state index is 12.9. The molecular formula is C20H18F3N3O2S. The maximum absolute atomic E-state index is 12.9. The van der Waals surface area contributed by atoms with Gasteiger partial charge in [-0.2, -0.15) is 13.2 Å². The van der Waals surface area contributed by atoms with Crippen molar-refractivity contribution in [1.29, 1.82) is 0 Å². The Balaban J connectivity index is 1.58. The molecule has 0 unspecified atom stereocenters. The molecule has 29 heavy (non-hydrogen) atoms. The zero-order valence-corrected chi connectivity index (χ0v) is 16.2. The first-order valence-corrected chi connectivity index (χ1v) is 10.1. The molecule has 5 nitrogen and oxygen atoms in total. The summed E-state index contributed by atoms with van der Waals surface area (Å²) in [5, 5.41) is 2.99. The van der Waals surface area contributed by atoms with Crippen LogP contribution in [0.2, 0.25) is 0 Å². The largest absolute Gasteiger partial charge is 0.416 e. The lowest BCUT2D eigenvalue weighted by Gasteiger charge is -2.10. The number of anilines is 1. The standard InChI is InChI=1S/C20H18F3N3O2S/c21-20(22,23)12-5-4-6-13(9-12)25-16(27)10-26-11-24-18-17(19(26)28)14-7-2-1-3-8-15(14)29-18/h4-6,9,11H,1-3,7-8,10H2,(H,25,27).